The first kappa shape index (κ1) is 27.1. The molecule has 0 aliphatic carbocycles. The first-order valence-corrected chi connectivity index (χ1v) is 14.5. The summed E-state index contributed by atoms with van der Waals surface area (Å²) in [5.74, 6) is 0.904. The second-order valence-electron chi connectivity index (χ2n) is 11.0. The standard InChI is InChI=1S/C34H36N2O5/c1-25-28-15-6-8-17-30(28)41-31(25)32(37)36-20-22-40-34(24-36)18-10-9-14-27-13-5-7-16-29(27)39-21-19-35(33(34)38)23-26-11-3-2-4-12-26/h2-8,11-13,15-17H,9-10,14,18-24H2,1H3. The highest BCUT2D eigenvalue weighted by Crippen LogP contribution is 2.32. The number of nitrogens with zero attached hydrogens (tertiary/aromatic N) is 2. The maximum Gasteiger partial charge on any atom is 0.290 e. The molecule has 0 radical (unpaired) electrons. The molecule has 1 atom stereocenters. The number of para-hydroxylation sites is 2. The Bertz CT molecular complexity index is 1530. The summed E-state index contributed by atoms with van der Waals surface area (Å²) < 4.78 is 18.6. The fourth-order valence-electron chi connectivity index (χ4n) is 6.05. The van der Waals surface area contributed by atoms with Gasteiger partial charge >= 0.3 is 0 Å². The van der Waals surface area contributed by atoms with Crippen molar-refractivity contribution < 1.29 is 23.5 Å². The van der Waals surface area contributed by atoms with E-state index in [1.807, 2.05) is 84.6 Å². The van der Waals surface area contributed by atoms with E-state index >= 15 is 0 Å². The fourth-order valence-corrected chi connectivity index (χ4v) is 6.05. The molecule has 1 saturated heterocycles. The molecule has 7 nitrogen and oxygen atoms in total. The highest BCUT2D eigenvalue weighted by Gasteiger charge is 2.47. The third-order valence-electron chi connectivity index (χ3n) is 8.27. The van der Waals surface area contributed by atoms with Crippen molar-refractivity contribution in [3.8, 4) is 5.75 Å². The zero-order valence-corrected chi connectivity index (χ0v) is 23.5. The lowest BCUT2D eigenvalue weighted by Gasteiger charge is -2.44. The van der Waals surface area contributed by atoms with Gasteiger partial charge in [-0.05, 0) is 55.9 Å². The monoisotopic (exact) mass is 552 g/mol. The van der Waals surface area contributed by atoms with E-state index in [2.05, 4.69) is 6.07 Å². The lowest BCUT2D eigenvalue weighted by atomic mass is 9.90. The Morgan fingerprint density at radius 2 is 1.68 bits per heavy atom. The number of rotatable bonds is 3. The van der Waals surface area contributed by atoms with Gasteiger partial charge in [-0.15, -0.1) is 0 Å². The van der Waals surface area contributed by atoms with Crippen LogP contribution in [0.5, 0.6) is 5.75 Å². The SMILES string of the molecule is Cc1c(C(=O)N2CCOC3(CCCCc4ccccc4OCCN(Cc4ccccc4)C3=O)C2)oc2ccccc12. The summed E-state index contributed by atoms with van der Waals surface area (Å²) in [5.41, 5.74) is 2.57. The van der Waals surface area contributed by atoms with Crippen LogP contribution in [0.4, 0.5) is 0 Å². The normalized spacial score (nSPS) is 20.3. The predicted octanol–water partition coefficient (Wildman–Crippen LogP) is 5.79. The molecule has 1 aromatic heterocycles. The zero-order chi connectivity index (χ0) is 28.2. The Balaban J connectivity index is 1.31. The predicted molar refractivity (Wildman–Crippen MR) is 157 cm³/mol. The summed E-state index contributed by atoms with van der Waals surface area (Å²) in [6, 6.07) is 25.8. The molecule has 212 valence electrons. The van der Waals surface area contributed by atoms with Gasteiger partial charge in [-0.2, -0.15) is 0 Å². The summed E-state index contributed by atoms with van der Waals surface area (Å²) >= 11 is 0. The Hall–Kier alpha value is -4.10. The smallest absolute Gasteiger partial charge is 0.290 e. The lowest BCUT2D eigenvalue weighted by molar-refractivity contribution is -0.171. The number of hydrogen-bond donors (Lipinski definition) is 0. The molecule has 41 heavy (non-hydrogen) atoms. The van der Waals surface area contributed by atoms with Crippen molar-refractivity contribution in [3.05, 3.63) is 101 Å². The van der Waals surface area contributed by atoms with E-state index in [0.29, 0.717) is 44.0 Å². The zero-order valence-electron chi connectivity index (χ0n) is 23.5. The number of fused-ring (bicyclic) bond motifs is 2. The van der Waals surface area contributed by atoms with Crippen molar-refractivity contribution in [2.45, 2.75) is 44.8 Å². The summed E-state index contributed by atoms with van der Waals surface area (Å²) in [6.07, 6.45) is 3.05. The second-order valence-corrected chi connectivity index (χ2v) is 11.0. The summed E-state index contributed by atoms with van der Waals surface area (Å²) in [4.78, 5) is 31.9. The van der Waals surface area contributed by atoms with Crippen molar-refractivity contribution >= 4 is 22.8 Å². The molecular formula is C34H36N2O5. The van der Waals surface area contributed by atoms with Crippen LogP contribution in [0.15, 0.2) is 83.3 Å². The largest absolute Gasteiger partial charge is 0.491 e. The van der Waals surface area contributed by atoms with Crippen LogP contribution in [0, 0.1) is 6.92 Å². The topological polar surface area (TPSA) is 72.2 Å². The minimum absolute atomic E-state index is 0.0994. The number of ether oxygens (including phenoxy) is 2. The average Bonchev–Trinajstić information content (AvgIpc) is 3.35. The first-order chi connectivity index (χ1) is 20.0. The number of benzene rings is 3. The van der Waals surface area contributed by atoms with Crippen LogP contribution >= 0.6 is 0 Å². The number of aryl methyl sites for hydroxylation is 2. The lowest BCUT2D eigenvalue weighted by Crippen LogP contribution is -2.62. The second kappa shape index (κ2) is 11.8. The van der Waals surface area contributed by atoms with Gasteiger partial charge in [0.05, 0.1) is 19.7 Å². The van der Waals surface area contributed by atoms with Crippen molar-refractivity contribution in [3.63, 3.8) is 0 Å². The highest BCUT2D eigenvalue weighted by molar-refractivity contribution is 5.99. The summed E-state index contributed by atoms with van der Waals surface area (Å²) in [7, 11) is 0. The van der Waals surface area contributed by atoms with Gasteiger partial charge in [0, 0.05) is 24.0 Å². The van der Waals surface area contributed by atoms with Crippen LogP contribution in [0.2, 0.25) is 0 Å². The molecule has 0 N–H and O–H groups in total. The van der Waals surface area contributed by atoms with Crippen LogP contribution < -0.4 is 4.74 Å². The minimum atomic E-state index is -1.14. The third-order valence-corrected chi connectivity index (χ3v) is 8.27. The maximum atomic E-state index is 14.5. The van der Waals surface area contributed by atoms with E-state index in [1.165, 1.54) is 5.56 Å². The number of amides is 2. The van der Waals surface area contributed by atoms with Gasteiger partial charge in [0.1, 0.15) is 17.9 Å². The van der Waals surface area contributed by atoms with Gasteiger partial charge in [0.2, 0.25) is 0 Å². The molecule has 0 saturated carbocycles. The number of carbonyl (C=O) groups is 2. The van der Waals surface area contributed by atoms with Crippen LogP contribution in [-0.4, -0.2) is 60.1 Å². The van der Waals surface area contributed by atoms with Crippen LogP contribution in [0.1, 0.15) is 46.5 Å². The fraction of sp³-hybridized carbons (Fsp3) is 0.353. The van der Waals surface area contributed by atoms with E-state index in [4.69, 9.17) is 13.9 Å². The molecule has 2 aliphatic heterocycles. The molecule has 2 aliphatic rings. The van der Waals surface area contributed by atoms with Crippen molar-refractivity contribution in [1.82, 2.24) is 9.80 Å². The highest BCUT2D eigenvalue weighted by atomic mass is 16.5. The molecule has 6 rings (SSSR count). The summed E-state index contributed by atoms with van der Waals surface area (Å²) in [5, 5.41) is 0.926. The van der Waals surface area contributed by atoms with Gasteiger partial charge in [-0.1, -0.05) is 66.7 Å². The van der Waals surface area contributed by atoms with E-state index in [-0.39, 0.29) is 25.0 Å². The van der Waals surface area contributed by atoms with Crippen LogP contribution in [-0.2, 0) is 22.5 Å². The summed E-state index contributed by atoms with van der Waals surface area (Å²) in [6.45, 7) is 4.00. The van der Waals surface area contributed by atoms with Gasteiger partial charge in [-0.3, -0.25) is 9.59 Å². The minimum Gasteiger partial charge on any atom is -0.491 e. The number of furan rings is 1. The average molecular weight is 553 g/mol. The van der Waals surface area contributed by atoms with Crippen molar-refractivity contribution in [1.29, 1.82) is 0 Å². The molecule has 1 unspecified atom stereocenters. The van der Waals surface area contributed by atoms with Crippen molar-refractivity contribution in [2.24, 2.45) is 0 Å². The first-order valence-electron chi connectivity index (χ1n) is 14.5. The molecule has 2 amide bonds. The molecule has 0 bridgehead atoms. The molecule has 4 aromatic rings. The van der Waals surface area contributed by atoms with E-state index in [1.54, 1.807) is 4.90 Å². The molecule has 1 spiro atoms. The molecule has 3 heterocycles. The van der Waals surface area contributed by atoms with Gasteiger partial charge in [-0.25, -0.2) is 0 Å². The van der Waals surface area contributed by atoms with Crippen molar-refractivity contribution in [2.75, 3.05) is 32.8 Å². The number of morpholine rings is 1. The van der Waals surface area contributed by atoms with E-state index < -0.39 is 5.60 Å². The van der Waals surface area contributed by atoms with Crippen LogP contribution in [0.3, 0.4) is 0 Å². The number of hydrogen-bond acceptors (Lipinski definition) is 5. The molecule has 1 fully saturated rings. The molecule has 7 heteroatoms. The van der Waals surface area contributed by atoms with Gasteiger partial charge in [0.25, 0.3) is 11.8 Å². The Kier molecular flexibility index (Phi) is 7.79. The molecular weight excluding hydrogens is 516 g/mol. The van der Waals surface area contributed by atoms with Gasteiger partial charge < -0.3 is 23.7 Å². The van der Waals surface area contributed by atoms with E-state index in [0.717, 1.165) is 41.5 Å². The molecule has 3 aromatic carbocycles. The Morgan fingerprint density at radius 3 is 2.54 bits per heavy atom. The maximum absolute atomic E-state index is 14.5. The van der Waals surface area contributed by atoms with Crippen LogP contribution in [0.25, 0.3) is 11.0 Å². The Morgan fingerprint density at radius 1 is 0.902 bits per heavy atom. The Labute approximate surface area is 240 Å². The third kappa shape index (κ3) is 5.59. The van der Waals surface area contributed by atoms with E-state index in [9.17, 15) is 9.59 Å². The number of carbonyl (C=O) groups excluding carboxylic acids is 2. The quantitative estimate of drug-likeness (QED) is 0.322. The van der Waals surface area contributed by atoms with Gasteiger partial charge in [0.15, 0.2) is 11.4 Å².